The van der Waals surface area contributed by atoms with Crippen molar-refractivity contribution >= 4 is 27.5 Å². The maximum atomic E-state index is 12.2. The Morgan fingerprint density at radius 1 is 1.30 bits per heavy atom. The number of phenols is 1. The summed E-state index contributed by atoms with van der Waals surface area (Å²) in [6, 6.07) is 10.4. The van der Waals surface area contributed by atoms with Crippen LogP contribution in [0.4, 0.5) is 5.69 Å². The molecular weight excluding hydrogens is 322 g/mol. The molecule has 0 radical (unpaired) electrons. The minimum Gasteiger partial charge on any atom is -0.504 e. The number of hydrogen-bond donors (Lipinski definition) is 2. The van der Waals surface area contributed by atoms with E-state index in [0.29, 0.717) is 5.69 Å². The molecule has 4 nitrogen and oxygen atoms in total. The van der Waals surface area contributed by atoms with Crippen LogP contribution in [-0.2, 0) is 0 Å². The number of carbonyl (C=O) groups excluding carboxylic acids is 1. The van der Waals surface area contributed by atoms with Gasteiger partial charge in [0, 0.05) is 4.47 Å². The van der Waals surface area contributed by atoms with E-state index in [-0.39, 0.29) is 17.1 Å². The number of anilines is 1. The molecule has 20 heavy (non-hydrogen) atoms. The van der Waals surface area contributed by atoms with Crippen LogP contribution in [0.25, 0.3) is 0 Å². The molecule has 0 unspecified atom stereocenters. The quantitative estimate of drug-likeness (QED) is 0.898. The van der Waals surface area contributed by atoms with Gasteiger partial charge in [-0.15, -0.1) is 0 Å². The van der Waals surface area contributed by atoms with Gasteiger partial charge in [0.05, 0.1) is 18.4 Å². The molecule has 0 atom stereocenters. The summed E-state index contributed by atoms with van der Waals surface area (Å²) in [7, 11) is 1.44. The van der Waals surface area contributed by atoms with Gasteiger partial charge in [0.25, 0.3) is 5.91 Å². The van der Waals surface area contributed by atoms with Crippen LogP contribution in [0.3, 0.4) is 0 Å². The molecule has 0 bridgehead atoms. The number of amides is 1. The van der Waals surface area contributed by atoms with Gasteiger partial charge in [-0.05, 0) is 52.7 Å². The number of aromatic hydroxyl groups is 1. The van der Waals surface area contributed by atoms with Crippen LogP contribution in [0, 0.1) is 6.92 Å². The zero-order valence-electron chi connectivity index (χ0n) is 11.1. The molecule has 1 amide bonds. The Hall–Kier alpha value is -2.01. The molecule has 2 rings (SSSR count). The number of benzene rings is 2. The second kappa shape index (κ2) is 5.96. The molecule has 0 heterocycles. The molecule has 0 aliphatic carbocycles. The zero-order valence-corrected chi connectivity index (χ0v) is 12.7. The zero-order chi connectivity index (χ0) is 14.7. The number of carbonyl (C=O) groups is 1. The first-order valence-corrected chi connectivity index (χ1v) is 6.75. The molecule has 0 aliphatic heterocycles. The number of aryl methyl sites for hydroxylation is 1. The number of para-hydroxylation sites is 1. The fourth-order valence-electron chi connectivity index (χ4n) is 1.79. The van der Waals surface area contributed by atoms with Crippen molar-refractivity contribution in [2.24, 2.45) is 0 Å². The first-order chi connectivity index (χ1) is 9.52. The summed E-state index contributed by atoms with van der Waals surface area (Å²) in [5, 5.41) is 12.7. The highest BCUT2D eigenvalue weighted by Gasteiger charge is 2.15. The predicted molar refractivity (Wildman–Crippen MR) is 81.5 cm³/mol. The van der Waals surface area contributed by atoms with Crippen molar-refractivity contribution < 1.29 is 14.6 Å². The van der Waals surface area contributed by atoms with E-state index < -0.39 is 5.91 Å². The van der Waals surface area contributed by atoms with Gasteiger partial charge >= 0.3 is 0 Å². The van der Waals surface area contributed by atoms with Crippen molar-refractivity contribution in [3.8, 4) is 11.5 Å². The predicted octanol–water partition coefficient (Wildman–Crippen LogP) is 3.72. The van der Waals surface area contributed by atoms with Gasteiger partial charge in [-0.1, -0.05) is 12.1 Å². The summed E-state index contributed by atoms with van der Waals surface area (Å²) >= 11 is 3.38. The van der Waals surface area contributed by atoms with E-state index in [1.54, 1.807) is 12.1 Å². The lowest BCUT2D eigenvalue weighted by molar-refractivity contribution is 0.102. The van der Waals surface area contributed by atoms with Crippen molar-refractivity contribution in [3.63, 3.8) is 0 Å². The third-order valence-corrected chi connectivity index (χ3v) is 3.53. The molecule has 5 heteroatoms. The highest BCUT2D eigenvalue weighted by molar-refractivity contribution is 9.10. The van der Waals surface area contributed by atoms with Gasteiger partial charge in [-0.2, -0.15) is 0 Å². The SMILES string of the molecule is COc1cccc(C(=O)Nc2cc(C)ccc2Br)c1O. The molecule has 0 saturated carbocycles. The summed E-state index contributed by atoms with van der Waals surface area (Å²) in [5.41, 5.74) is 1.84. The van der Waals surface area contributed by atoms with Gasteiger partial charge in [0.2, 0.25) is 0 Å². The minimum atomic E-state index is -0.396. The van der Waals surface area contributed by atoms with Crippen LogP contribution in [-0.4, -0.2) is 18.1 Å². The van der Waals surface area contributed by atoms with Crippen LogP contribution in [0.2, 0.25) is 0 Å². The van der Waals surface area contributed by atoms with Crippen LogP contribution in [0.15, 0.2) is 40.9 Å². The van der Waals surface area contributed by atoms with E-state index in [1.807, 2.05) is 25.1 Å². The van der Waals surface area contributed by atoms with E-state index in [1.165, 1.54) is 13.2 Å². The molecule has 0 spiro atoms. The summed E-state index contributed by atoms with van der Waals surface area (Å²) < 4.78 is 5.77. The number of hydrogen-bond acceptors (Lipinski definition) is 3. The van der Waals surface area contributed by atoms with Crippen molar-refractivity contribution in [1.29, 1.82) is 0 Å². The summed E-state index contributed by atoms with van der Waals surface area (Å²) in [4.78, 5) is 12.2. The Morgan fingerprint density at radius 3 is 2.75 bits per heavy atom. The lowest BCUT2D eigenvalue weighted by Crippen LogP contribution is -2.12. The van der Waals surface area contributed by atoms with E-state index in [0.717, 1.165) is 10.0 Å². The van der Waals surface area contributed by atoms with E-state index in [9.17, 15) is 9.90 Å². The molecule has 2 aromatic rings. The second-order valence-electron chi connectivity index (χ2n) is 4.29. The minimum absolute atomic E-state index is 0.165. The maximum Gasteiger partial charge on any atom is 0.259 e. The average molecular weight is 336 g/mol. The fraction of sp³-hybridized carbons (Fsp3) is 0.133. The van der Waals surface area contributed by atoms with Crippen molar-refractivity contribution in [2.45, 2.75) is 6.92 Å². The van der Waals surface area contributed by atoms with Crippen molar-refractivity contribution in [2.75, 3.05) is 12.4 Å². The summed E-state index contributed by atoms with van der Waals surface area (Å²) in [6.45, 7) is 1.94. The monoisotopic (exact) mass is 335 g/mol. The van der Waals surface area contributed by atoms with E-state index in [2.05, 4.69) is 21.2 Å². The molecule has 2 aromatic carbocycles. The van der Waals surface area contributed by atoms with Gasteiger partial charge < -0.3 is 15.2 Å². The Bertz CT molecular complexity index is 656. The van der Waals surface area contributed by atoms with Crippen LogP contribution >= 0.6 is 15.9 Å². The number of rotatable bonds is 3. The Kier molecular flexibility index (Phi) is 4.29. The molecule has 0 saturated heterocycles. The third-order valence-electron chi connectivity index (χ3n) is 2.83. The highest BCUT2D eigenvalue weighted by atomic mass is 79.9. The first-order valence-electron chi connectivity index (χ1n) is 5.96. The smallest absolute Gasteiger partial charge is 0.259 e. The van der Waals surface area contributed by atoms with Crippen LogP contribution in [0.1, 0.15) is 15.9 Å². The average Bonchev–Trinajstić information content (AvgIpc) is 2.43. The van der Waals surface area contributed by atoms with Gasteiger partial charge in [-0.3, -0.25) is 4.79 Å². The fourth-order valence-corrected chi connectivity index (χ4v) is 2.14. The molecule has 0 aromatic heterocycles. The number of halogens is 1. The Morgan fingerprint density at radius 2 is 2.05 bits per heavy atom. The Balaban J connectivity index is 2.31. The van der Waals surface area contributed by atoms with Crippen LogP contribution in [0.5, 0.6) is 11.5 Å². The number of methoxy groups -OCH3 is 1. The maximum absolute atomic E-state index is 12.2. The lowest BCUT2D eigenvalue weighted by atomic mass is 10.1. The highest BCUT2D eigenvalue weighted by Crippen LogP contribution is 2.31. The number of ether oxygens (including phenoxy) is 1. The second-order valence-corrected chi connectivity index (χ2v) is 5.15. The molecular formula is C15H14BrNO3. The molecule has 2 N–H and O–H groups in total. The van der Waals surface area contributed by atoms with Crippen molar-refractivity contribution in [3.05, 3.63) is 52.0 Å². The number of phenolic OH excluding ortho intramolecular Hbond substituents is 1. The van der Waals surface area contributed by atoms with Gasteiger partial charge in [0.1, 0.15) is 0 Å². The molecule has 0 fully saturated rings. The standard InChI is InChI=1S/C15H14BrNO3/c1-9-6-7-11(16)12(8-9)17-15(19)10-4-3-5-13(20-2)14(10)18/h3-8,18H,1-2H3,(H,17,19). The third kappa shape index (κ3) is 2.93. The first kappa shape index (κ1) is 14.4. The molecule has 0 aliphatic rings. The largest absolute Gasteiger partial charge is 0.504 e. The summed E-state index contributed by atoms with van der Waals surface area (Å²) in [6.07, 6.45) is 0. The normalized spacial score (nSPS) is 10.2. The number of nitrogens with one attached hydrogen (secondary N) is 1. The van der Waals surface area contributed by atoms with Gasteiger partial charge in [-0.25, -0.2) is 0 Å². The van der Waals surface area contributed by atoms with Crippen molar-refractivity contribution in [1.82, 2.24) is 0 Å². The van der Waals surface area contributed by atoms with Crippen LogP contribution < -0.4 is 10.1 Å². The van der Waals surface area contributed by atoms with E-state index in [4.69, 9.17) is 4.74 Å². The lowest BCUT2D eigenvalue weighted by Gasteiger charge is -2.11. The molecule has 104 valence electrons. The summed E-state index contributed by atoms with van der Waals surface area (Å²) in [5.74, 6) is -0.301. The van der Waals surface area contributed by atoms with E-state index >= 15 is 0 Å². The Labute approximate surface area is 125 Å². The topological polar surface area (TPSA) is 58.6 Å². The van der Waals surface area contributed by atoms with Gasteiger partial charge in [0.15, 0.2) is 11.5 Å².